The van der Waals surface area contributed by atoms with E-state index in [2.05, 4.69) is 4.57 Å². The lowest BCUT2D eigenvalue weighted by Crippen LogP contribution is -2.26. The van der Waals surface area contributed by atoms with E-state index in [1.165, 1.54) is 0 Å². The van der Waals surface area contributed by atoms with E-state index in [1.54, 1.807) is 19.1 Å². The van der Waals surface area contributed by atoms with Crippen LogP contribution in [0, 0.1) is 6.92 Å². The SMILES string of the molecule is CCn1c2c(c3cc(-c4nc5c(C)c(C(=O)O)ccc5n4CCO)ccc31)CC(F)(F)CC2. The Bertz CT molecular complexity index is 1420. The topological polar surface area (TPSA) is 80.3 Å². The lowest BCUT2D eigenvalue weighted by atomic mass is 9.92. The third-order valence-electron chi connectivity index (χ3n) is 6.75. The molecule has 172 valence electrons. The predicted molar refractivity (Wildman–Crippen MR) is 122 cm³/mol. The molecule has 2 N–H and O–H groups in total. The zero-order valence-corrected chi connectivity index (χ0v) is 18.5. The molecule has 0 aliphatic heterocycles. The van der Waals surface area contributed by atoms with Crippen LogP contribution in [0.3, 0.4) is 0 Å². The fourth-order valence-corrected chi connectivity index (χ4v) is 5.21. The lowest BCUT2D eigenvalue weighted by Gasteiger charge is -2.23. The smallest absolute Gasteiger partial charge is 0.336 e. The maximum absolute atomic E-state index is 14.3. The number of aliphatic hydroxyl groups excluding tert-OH is 1. The molecule has 8 heteroatoms. The second-order valence-electron chi connectivity index (χ2n) is 8.66. The molecule has 2 heterocycles. The van der Waals surface area contributed by atoms with Crippen molar-refractivity contribution in [2.45, 2.75) is 52.1 Å². The summed E-state index contributed by atoms with van der Waals surface area (Å²) in [5, 5.41) is 20.0. The molecule has 0 fully saturated rings. The average Bonchev–Trinajstić information content (AvgIpc) is 3.29. The van der Waals surface area contributed by atoms with Crippen molar-refractivity contribution >= 4 is 27.9 Å². The van der Waals surface area contributed by atoms with Crippen molar-refractivity contribution in [1.29, 1.82) is 0 Å². The van der Waals surface area contributed by atoms with Crippen LogP contribution >= 0.6 is 0 Å². The molecule has 0 spiro atoms. The standard InChI is InChI=1S/C25H25F2N3O3/c1-3-29-19-6-4-15(12-17(19)18-13-25(26,27)9-8-20(18)29)23-28-22-14(2)16(24(32)33)5-7-21(22)30(23)10-11-31/h4-7,12,31H,3,8-11,13H2,1-2H3,(H,32,33). The summed E-state index contributed by atoms with van der Waals surface area (Å²) in [6.07, 6.45) is -0.0650. The molecule has 0 radical (unpaired) electrons. The van der Waals surface area contributed by atoms with Gasteiger partial charge in [-0.25, -0.2) is 18.6 Å². The Morgan fingerprint density at radius 1 is 1.18 bits per heavy atom. The van der Waals surface area contributed by atoms with Crippen molar-refractivity contribution in [3.8, 4) is 11.4 Å². The number of nitrogens with zero attached hydrogens (tertiary/aromatic N) is 3. The maximum Gasteiger partial charge on any atom is 0.336 e. The number of carbonyl (C=O) groups is 1. The molecule has 4 aromatic rings. The van der Waals surface area contributed by atoms with Gasteiger partial charge in [-0.1, -0.05) is 0 Å². The second-order valence-corrected chi connectivity index (χ2v) is 8.66. The van der Waals surface area contributed by atoms with Crippen LogP contribution in [-0.2, 0) is 25.9 Å². The minimum Gasteiger partial charge on any atom is -0.478 e. The van der Waals surface area contributed by atoms with E-state index in [-0.39, 0.29) is 31.6 Å². The fraction of sp³-hybridized carbons (Fsp3) is 0.360. The first-order valence-corrected chi connectivity index (χ1v) is 11.1. The molecule has 0 saturated carbocycles. The Kier molecular flexibility index (Phi) is 5.01. The van der Waals surface area contributed by atoms with Gasteiger partial charge in [-0.05, 0) is 61.7 Å². The number of hydrogen-bond acceptors (Lipinski definition) is 3. The van der Waals surface area contributed by atoms with Crippen LogP contribution in [0.1, 0.15) is 40.5 Å². The molecule has 1 aliphatic rings. The molecular formula is C25H25F2N3O3. The number of carboxylic acid groups (broad SMARTS) is 1. The number of imidazole rings is 1. The molecule has 2 aromatic heterocycles. The van der Waals surface area contributed by atoms with Crippen molar-refractivity contribution < 1.29 is 23.8 Å². The maximum atomic E-state index is 14.3. The van der Waals surface area contributed by atoms with Gasteiger partial charge in [-0.3, -0.25) is 0 Å². The number of rotatable bonds is 5. The highest BCUT2D eigenvalue weighted by atomic mass is 19.3. The van der Waals surface area contributed by atoms with E-state index < -0.39 is 11.9 Å². The number of fused-ring (bicyclic) bond motifs is 4. The van der Waals surface area contributed by atoms with Crippen molar-refractivity contribution in [3.05, 3.63) is 52.7 Å². The lowest BCUT2D eigenvalue weighted by molar-refractivity contribution is -0.0125. The highest BCUT2D eigenvalue weighted by molar-refractivity contribution is 5.97. The van der Waals surface area contributed by atoms with Gasteiger partial charge in [-0.2, -0.15) is 0 Å². The predicted octanol–water partition coefficient (Wildman–Crippen LogP) is 4.80. The number of aromatic nitrogens is 3. The first-order valence-electron chi connectivity index (χ1n) is 11.1. The second kappa shape index (κ2) is 7.66. The van der Waals surface area contributed by atoms with Crippen LogP contribution in [-0.4, -0.2) is 42.8 Å². The molecule has 33 heavy (non-hydrogen) atoms. The van der Waals surface area contributed by atoms with E-state index in [0.717, 1.165) is 27.7 Å². The summed E-state index contributed by atoms with van der Waals surface area (Å²) in [6, 6.07) is 9.02. The fourth-order valence-electron chi connectivity index (χ4n) is 5.21. The molecule has 0 bridgehead atoms. The van der Waals surface area contributed by atoms with Crippen molar-refractivity contribution in [3.63, 3.8) is 0 Å². The summed E-state index contributed by atoms with van der Waals surface area (Å²) in [5.41, 5.74) is 5.34. The molecule has 1 aliphatic carbocycles. The van der Waals surface area contributed by atoms with Gasteiger partial charge in [0.15, 0.2) is 0 Å². The number of benzene rings is 2. The minimum atomic E-state index is -2.72. The molecule has 0 atom stereocenters. The highest BCUT2D eigenvalue weighted by Crippen LogP contribution is 2.40. The quantitative estimate of drug-likeness (QED) is 0.455. The zero-order valence-electron chi connectivity index (χ0n) is 18.5. The number of carboxylic acids is 1. The Morgan fingerprint density at radius 3 is 2.64 bits per heavy atom. The van der Waals surface area contributed by atoms with Crippen LogP contribution in [0.25, 0.3) is 33.3 Å². The van der Waals surface area contributed by atoms with Crippen molar-refractivity contribution in [2.24, 2.45) is 0 Å². The van der Waals surface area contributed by atoms with Gasteiger partial charge in [0.25, 0.3) is 5.92 Å². The third-order valence-corrected chi connectivity index (χ3v) is 6.75. The summed E-state index contributed by atoms with van der Waals surface area (Å²) in [4.78, 5) is 16.3. The van der Waals surface area contributed by atoms with Gasteiger partial charge in [-0.15, -0.1) is 0 Å². The summed E-state index contributed by atoms with van der Waals surface area (Å²) in [6.45, 7) is 4.60. The van der Waals surface area contributed by atoms with Gasteiger partial charge in [0.2, 0.25) is 0 Å². The van der Waals surface area contributed by atoms with E-state index in [4.69, 9.17) is 4.98 Å². The molecule has 2 aromatic carbocycles. The molecule has 0 amide bonds. The number of aliphatic hydroxyl groups is 1. The molecular weight excluding hydrogens is 428 g/mol. The molecule has 6 nitrogen and oxygen atoms in total. The first kappa shape index (κ1) is 21.6. The van der Waals surface area contributed by atoms with Crippen LogP contribution in [0.2, 0.25) is 0 Å². The molecule has 0 saturated heterocycles. The first-order chi connectivity index (χ1) is 15.8. The van der Waals surface area contributed by atoms with Crippen LogP contribution in [0.15, 0.2) is 30.3 Å². The minimum absolute atomic E-state index is 0.117. The number of aromatic carboxylic acids is 1. The van der Waals surface area contributed by atoms with Crippen LogP contribution < -0.4 is 0 Å². The van der Waals surface area contributed by atoms with Gasteiger partial charge in [0.05, 0.1) is 23.2 Å². The number of halogens is 2. The van der Waals surface area contributed by atoms with Crippen molar-refractivity contribution in [1.82, 2.24) is 14.1 Å². The summed E-state index contributed by atoms with van der Waals surface area (Å²) in [7, 11) is 0. The summed E-state index contributed by atoms with van der Waals surface area (Å²) >= 11 is 0. The average molecular weight is 453 g/mol. The van der Waals surface area contributed by atoms with Crippen molar-refractivity contribution in [2.75, 3.05) is 6.61 Å². The number of alkyl halides is 2. The molecule has 0 unspecified atom stereocenters. The van der Waals surface area contributed by atoms with Gasteiger partial charge < -0.3 is 19.3 Å². The van der Waals surface area contributed by atoms with E-state index in [1.807, 2.05) is 29.7 Å². The Balaban J connectivity index is 1.75. The van der Waals surface area contributed by atoms with Gasteiger partial charge in [0.1, 0.15) is 5.82 Å². The Morgan fingerprint density at radius 2 is 1.94 bits per heavy atom. The van der Waals surface area contributed by atoms with E-state index in [9.17, 15) is 23.8 Å². The largest absolute Gasteiger partial charge is 0.478 e. The summed E-state index contributed by atoms with van der Waals surface area (Å²) in [5.74, 6) is -3.17. The van der Waals surface area contributed by atoms with Crippen LogP contribution in [0.4, 0.5) is 8.78 Å². The number of aryl methyl sites for hydroxylation is 2. The highest BCUT2D eigenvalue weighted by Gasteiger charge is 2.37. The van der Waals surface area contributed by atoms with E-state index >= 15 is 0 Å². The monoisotopic (exact) mass is 453 g/mol. The summed E-state index contributed by atoms with van der Waals surface area (Å²) < 4.78 is 32.6. The van der Waals surface area contributed by atoms with Crippen LogP contribution in [0.5, 0.6) is 0 Å². The Hall–Kier alpha value is -3.26. The van der Waals surface area contributed by atoms with Gasteiger partial charge >= 0.3 is 5.97 Å². The van der Waals surface area contributed by atoms with E-state index in [0.29, 0.717) is 35.4 Å². The molecule has 5 rings (SSSR count). The third kappa shape index (κ3) is 3.31. The number of hydrogen-bond donors (Lipinski definition) is 2. The van der Waals surface area contributed by atoms with Gasteiger partial charge in [0, 0.05) is 48.1 Å². The zero-order chi connectivity index (χ0) is 23.5. The Labute approximate surface area is 189 Å². The normalized spacial score (nSPS) is 15.3.